The molecule has 10 heavy (non-hydrogen) atoms. The van der Waals surface area contributed by atoms with Crippen LogP contribution in [-0.2, 0) is 4.79 Å². The van der Waals surface area contributed by atoms with Crippen molar-refractivity contribution < 1.29 is 4.79 Å². The summed E-state index contributed by atoms with van der Waals surface area (Å²) in [6.07, 6.45) is 4.70. The van der Waals surface area contributed by atoms with E-state index >= 15 is 0 Å². The topological polar surface area (TPSA) is 17.1 Å². The van der Waals surface area contributed by atoms with Crippen molar-refractivity contribution in [3.05, 3.63) is 23.8 Å². The van der Waals surface area contributed by atoms with Crippen LogP contribution in [0.2, 0.25) is 0 Å². The third kappa shape index (κ3) is 1.48. The number of carbonyl (C=O) groups is 1. The molecule has 0 aliphatic heterocycles. The van der Waals surface area contributed by atoms with E-state index in [4.69, 9.17) is 11.6 Å². The summed E-state index contributed by atoms with van der Waals surface area (Å²) in [5.74, 6) is 0.336. The van der Waals surface area contributed by atoms with E-state index in [1.807, 2.05) is 0 Å². The lowest BCUT2D eigenvalue weighted by atomic mass is 9.95. The Kier molecular flexibility index (Phi) is 2.28. The highest BCUT2D eigenvalue weighted by molar-refractivity contribution is 6.31. The molecule has 0 bridgehead atoms. The van der Waals surface area contributed by atoms with Crippen molar-refractivity contribution in [2.45, 2.75) is 12.8 Å². The maximum atomic E-state index is 10.7. The van der Waals surface area contributed by atoms with Crippen LogP contribution in [0, 0.1) is 5.92 Å². The van der Waals surface area contributed by atoms with Crippen LogP contribution in [0.15, 0.2) is 23.8 Å². The largest absolute Gasteiger partial charge is 0.295 e. The van der Waals surface area contributed by atoms with E-state index in [1.54, 1.807) is 6.08 Å². The van der Waals surface area contributed by atoms with Gasteiger partial charge in [0.2, 0.25) is 0 Å². The number of halogens is 1. The minimum absolute atomic E-state index is 0.128. The van der Waals surface area contributed by atoms with Gasteiger partial charge in [-0.15, -0.1) is 6.58 Å². The van der Waals surface area contributed by atoms with Crippen LogP contribution in [0.25, 0.3) is 0 Å². The highest BCUT2D eigenvalue weighted by Gasteiger charge is 2.16. The number of hydrogen-bond acceptors (Lipinski definition) is 1. The number of allylic oxidation sites excluding steroid dienone is 3. The second-order valence-corrected chi connectivity index (χ2v) is 2.81. The Bertz CT molecular complexity index is 193. The molecule has 1 aliphatic rings. The Morgan fingerprint density at radius 1 is 1.80 bits per heavy atom. The maximum absolute atomic E-state index is 10.7. The van der Waals surface area contributed by atoms with Gasteiger partial charge in [0.1, 0.15) is 0 Å². The highest BCUT2D eigenvalue weighted by Crippen LogP contribution is 2.26. The molecule has 54 valence electrons. The fourth-order valence-electron chi connectivity index (χ4n) is 0.999. The summed E-state index contributed by atoms with van der Waals surface area (Å²) >= 11 is 5.75. The number of rotatable bonds is 1. The zero-order valence-electron chi connectivity index (χ0n) is 5.64. The van der Waals surface area contributed by atoms with Crippen LogP contribution in [0.5, 0.6) is 0 Å². The molecule has 0 spiro atoms. The maximum Gasteiger partial charge on any atom is 0.156 e. The molecular weight excluding hydrogens is 148 g/mol. The molecule has 0 aromatic heterocycles. The zero-order chi connectivity index (χ0) is 7.56. The van der Waals surface area contributed by atoms with Crippen molar-refractivity contribution in [2.24, 2.45) is 5.92 Å². The van der Waals surface area contributed by atoms with Gasteiger partial charge >= 0.3 is 0 Å². The Balaban J connectivity index is 2.76. The van der Waals surface area contributed by atoms with Crippen LogP contribution < -0.4 is 0 Å². The molecular formula is C8H9ClO. The molecule has 1 unspecified atom stereocenters. The predicted octanol–water partition coefficient (Wildman–Crippen LogP) is 2.27. The molecule has 1 atom stereocenters. The van der Waals surface area contributed by atoms with Crippen molar-refractivity contribution in [3.8, 4) is 0 Å². The number of hydrogen-bond donors (Lipinski definition) is 0. The third-order valence-corrected chi connectivity index (χ3v) is 2.03. The van der Waals surface area contributed by atoms with Gasteiger partial charge in [0.25, 0.3) is 0 Å². The van der Waals surface area contributed by atoms with E-state index in [9.17, 15) is 4.79 Å². The van der Waals surface area contributed by atoms with Crippen LogP contribution in [0.4, 0.5) is 0 Å². The van der Waals surface area contributed by atoms with E-state index in [0.29, 0.717) is 11.5 Å². The molecule has 0 radical (unpaired) electrons. The van der Waals surface area contributed by atoms with E-state index in [0.717, 1.165) is 6.42 Å². The summed E-state index contributed by atoms with van der Waals surface area (Å²) in [5.41, 5.74) is 0. The molecule has 1 rings (SSSR count). The average Bonchev–Trinajstić information content (AvgIpc) is 1.88. The lowest BCUT2D eigenvalue weighted by Gasteiger charge is -2.14. The summed E-state index contributed by atoms with van der Waals surface area (Å²) in [6, 6.07) is 0. The molecule has 0 aromatic rings. The first-order chi connectivity index (χ1) is 4.74. The lowest BCUT2D eigenvalue weighted by Crippen LogP contribution is -2.08. The molecule has 1 nitrogen and oxygen atoms in total. The van der Waals surface area contributed by atoms with Crippen LogP contribution in [0.1, 0.15) is 12.8 Å². The lowest BCUT2D eigenvalue weighted by molar-refractivity contribution is -0.115. The molecule has 1 aliphatic carbocycles. The highest BCUT2D eigenvalue weighted by atomic mass is 35.5. The summed E-state index contributed by atoms with van der Waals surface area (Å²) in [6.45, 7) is 3.62. The molecule has 0 fully saturated rings. The summed E-state index contributed by atoms with van der Waals surface area (Å²) in [7, 11) is 0. The van der Waals surface area contributed by atoms with Crippen molar-refractivity contribution in [3.63, 3.8) is 0 Å². The van der Waals surface area contributed by atoms with E-state index < -0.39 is 0 Å². The van der Waals surface area contributed by atoms with Crippen molar-refractivity contribution >= 4 is 17.4 Å². The van der Waals surface area contributed by atoms with Gasteiger partial charge in [-0.1, -0.05) is 17.7 Å². The molecule has 0 aromatic carbocycles. The monoisotopic (exact) mass is 156 g/mol. The second kappa shape index (κ2) is 3.02. The molecule has 0 N–H and O–H groups in total. The molecule has 0 amide bonds. The zero-order valence-corrected chi connectivity index (χ0v) is 6.40. The predicted molar refractivity (Wildman–Crippen MR) is 41.9 cm³/mol. The Hall–Kier alpha value is -0.560. The van der Waals surface area contributed by atoms with Gasteiger partial charge in [-0.3, -0.25) is 4.79 Å². The van der Waals surface area contributed by atoms with Gasteiger partial charge in [0.05, 0.1) is 0 Å². The van der Waals surface area contributed by atoms with Gasteiger partial charge in [-0.25, -0.2) is 0 Å². The average molecular weight is 157 g/mol. The molecule has 0 saturated heterocycles. The summed E-state index contributed by atoms with van der Waals surface area (Å²) in [5, 5.41) is 0.631. The Labute approximate surface area is 65.4 Å². The van der Waals surface area contributed by atoms with Gasteiger partial charge < -0.3 is 0 Å². The second-order valence-electron chi connectivity index (χ2n) is 2.38. The SMILES string of the molecule is C=CC1CCC(=O)C=C1Cl. The quantitative estimate of drug-likeness (QED) is 0.533. The fourth-order valence-corrected chi connectivity index (χ4v) is 1.32. The number of carbonyl (C=O) groups excluding carboxylic acids is 1. The van der Waals surface area contributed by atoms with Gasteiger partial charge in [-0.05, 0) is 12.5 Å². The fraction of sp³-hybridized carbons (Fsp3) is 0.375. The Morgan fingerprint density at radius 3 is 3.00 bits per heavy atom. The van der Waals surface area contributed by atoms with Crippen LogP contribution >= 0.6 is 11.6 Å². The van der Waals surface area contributed by atoms with E-state index in [-0.39, 0.29) is 11.7 Å². The van der Waals surface area contributed by atoms with Crippen molar-refractivity contribution in [1.82, 2.24) is 0 Å². The first-order valence-electron chi connectivity index (χ1n) is 3.26. The molecule has 0 saturated carbocycles. The minimum atomic E-state index is 0.128. The normalized spacial score (nSPS) is 25.9. The Morgan fingerprint density at radius 2 is 2.50 bits per heavy atom. The molecule has 0 heterocycles. The van der Waals surface area contributed by atoms with Crippen molar-refractivity contribution in [1.29, 1.82) is 0 Å². The minimum Gasteiger partial charge on any atom is -0.295 e. The van der Waals surface area contributed by atoms with E-state index in [2.05, 4.69) is 6.58 Å². The first kappa shape index (κ1) is 7.55. The van der Waals surface area contributed by atoms with Crippen molar-refractivity contribution in [2.75, 3.05) is 0 Å². The number of ketones is 1. The van der Waals surface area contributed by atoms with Gasteiger partial charge in [0.15, 0.2) is 5.78 Å². The smallest absolute Gasteiger partial charge is 0.156 e. The first-order valence-corrected chi connectivity index (χ1v) is 3.64. The van der Waals surface area contributed by atoms with Crippen LogP contribution in [-0.4, -0.2) is 5.78 Å². The van der Waals surface area contributed by atoms with Gasteiger partial charge in [0, 0.05) is 17.4 Å². The summed E-state index contributed by atoms with van der Waals surface area (Å²) in [4.78, 5) is 10.7. The van der Waals surface area contributed by atoms with E-state index in [1.165, 1.54) is 6.08 Å². The summed E-state index contributed by atoms with van der Waals surface area (Å²) < 4.78 is 0. The third-order valence-electron chi connectivity index (χ3n) is 1.64. The molecule has 2 heteroatoms. The van der Waals surface area contributed by atoms with Crippen LogP contribution in [0.3, 0.4) is 0 Å². The standard InChI is InChI=1S/C8H9ClO/c1-2-6-3-4-7(10)5-8(6)9/h2,5-6H,1,3-4H2. The van der Waals surface area contributed by atoms with Gasteiger partial charge in [-0.2, -0.15) is 0 Å².